The van der Waals surface area contributed by atoms with E-state index in [1.807, 2.05) is 0 Å². The van der Waals surface area contributed by atoms with Crippen LogP contribution in [-0.4, -0.2) is 11.5 Å². The number of unbranched alkanes of at least 4 members (excludes halogenated alkanes) is 1. The Kier molecular flexibility index (Phi) is 5.41. The van der Waals surface area contributed by atoms with Gasteiger partial charge in [0.1, 0.15) is 0 Å². The Morgan fingerprint density at radius 2 is 1.82 bits per heavy atom. The Hall–Kier alpha value is -0.600. The summed E-state index contributed by atoms with van der Waals surface area (Å²) in [5.41, 5.74) is 10.9. The molecule has 2 aromatic carbocycles. The molecule has 3 aromatic rings. The van der Waals surface area contributed by atoms with E-state index in [1.165, 1.54) is 34.9 Å². The van der Waals surface area contributed by atoms with E-state index in [0.29, 0.717) is 0 Å². The number of benzene rings is 2. The maximum Gasteiger partial charge on any atom is 0.0508 e. The smallest absolute Gasteiger partial charge is 0.0508 e. The van der Waals surface area contributed by atoms with Crippen LogP contribution < -0.4 is 5.73 Å². The Balaban J connectivity index is 2.15. The van der Waals surface area contributed by atoms with Gasteiger partial charge in [0.2, 0.25) is 0 Å². The summed E-state index contributed by atoms with van der Waals surface area (Å²) in [4.78, 5) is 3.64. The minimum Gasteiger partial charge on any atom is -0.354 e. The van der Waals surface area contributed by atoms with Gasteiger partial charge in [-0.1, -0.05) is 18.2 Å². The third-order valence-corrected chi connectivity index (χ3v) is 5.50. The molecule has 3 N–H and O–H groups in total. The molecule has 0 saturated heterocycles. The van der Waals surface area contributed by atoms with Crippen LogP contribution >= 0.6 is 45.2 Å². The Labute approximate surface area is 158 Å². The highest BCUT2D eigenvalue weighted by Crippen LogP contribution is 2.34. The van der Waals surface area contributed by atoms with Crippen LogP contribution in [0.2, 0.25) is 0 Å². The zero-order chi connectivity index (χ0) is 15.5. The Morgan fingerprint density at radius 1 is 1.00 bits per heavy atom. The third-order valence-electron chi connectivity index (χ3n) is 3.89. The van der Waals surface area contributed by atoms with Crippen LogP contribution in [0.3, 0.4) is 0 Å². The third kappa shape index (κ3) is 3.33. The van der Waals surface area contributed by atoms with Gasteiger partial charge in [-0.15, -0.1) is 0 Å². The Bertz CT molecular complexity index is 793. The van der Waals surface area contributed by atoms with Crippen molar-refractivity contribution in [3.05, 3.63) is 55.2 Å². The van der Waals surface area contributed by atoms with E-state index in [1.54, 1.807) is 0 Å². The molecule has 0 unspecified atom stereocenters. The van der Waals surface area contributed by atoms with Crippen molar-refractivity contribution in [2.24, 2.45) is 5.73 Å². The number of halogens is 2. The van der Waals surface area contributed by atoms with Gasteiger partial charge in [-0.05, 0) is 101 Å². The minimum absolute atomic E-state index is 0.762. The lowest BCUT2D eigenvalue weighted by Gasteiger charge is -2.07. The summed E-state index contributed by atoms with van der Waals surface area (Å²) in [6.45, 7) is 0.762. The van der Waals surface area contributed by atoms with Crippen molar-refractivity contribution in [3.63, 3.8) is 0 Å². The molecule has 114 valence electrons. The number of rotatable bonds is 5. The van der Waals surface area contributed by atoms with Crippen LogP contribution in [0, 0.1) is 7.14 Å². The molecule has 0 amide bonds. The minimum atomic E-state index is 0.762. The van der Waals surface area contributed by atoms with E-state index >= 15 is 0 Å². The fourth-order valence-electron chi connectivity index (χ4n) is 2.82. The molecular formula is C18H18I2N2. The normalized spacial score (nSPS) is 11.2. The van der Waals surface area contributed by atoms with Gasteiger partial charge in [0.05, 0.1) is 5.69 Å². The molecule has 0 atom stereocenters. The van der Waals surface area contributed by atoms with Crippen LogP contribution in [0.15, 0.2) is 42.5 Å². The maximum atomic E-state index is 5.67. The number of nitrogens with one attached hydrogen (secondary N) is 1. The number of aromatic amines is 1. The molecule has 22 heavy (non-hydrogen) atoms. The quantitative estimate of drug-likeness (QED) is 0.350. The van der Waals surface area contributed by atoms with Crippen LogP contribution in [0.5, 0.6) is 0 Å². The lowest BCUT2D eigenvalue weighted by atomic mass is 10.0. The summed E-state index contributed by atoms with van der Waals surface area (Å²) < 4.78 is 2.56. The largest absolute Gasteiger partial charge is 0.354 e. The van der Waals surface area contributed by atoms with E-state index in [4.69, 9.17) is 5.73 Å². The highest BCUT2D eigenvalue weighted by molar-refractivity contribution is 14.1. The molecule has 0 aliphatic heterocycles. The first-order valence-electron chi connectivity index (χ1n) is 7.46. The molecule has 0 aliphatic carbocycles. The van der Waals surface area contributed by atoms with E-state index in [-0.39, 0.29) is 0 Å². The maximum absolute atomic E-state index is 5.67. The van der Waals surface area contributed by atoms with Crippen LogP contribution in [0.4, 0.5) is 0 Å². The van der Waals surface area contributed by atoms with Gasteiger partial charge in [-0.2, -0.15) is 0 Å². The van der Waals surface area contributed by atoms with Crippen molar-refractivity contribution in [2.45, 2.75) is 19.3 Å². The van der Waals surface area contributed by atoms with Crippen molar-refractivity contribution >= 4 is 56.1 Å². The average molecular weight is 516 g/mol. The van der Waals surface area contributed by atoms with Crippen molar-refractivity contribution in [3.8, 4) is 11.3 Å². The molecule has 0 spiro atoms. The fourth-order valence-corrected chi connectivity index (χ4v) is 3.97. The van der Waals surface area contributed by atoms with Gasteiger partial charge in [0.25, 0.3) is 0 Å². The van der Waals surface area contributed by atoms with Crippen molar-refractivity contribution in [1.29, 1.82) is 0 Å². The van der Waals surface area contributed by atoms with Crippen LogP contribution in [-0.2, 0) is 6.42 Å². The van der Waals surface area contributed by atoms with E-state index in [2.05, 4.69) is 92.6 Å². The molecule has 4 heteroatoms. The molecule has 3 rings (SSSR count). The summed E-state index contributed by atoms with van der Waals surface area (Å²) in [7, 11) is 0. The van der Waals surface area contributed by atoms with Gasteiger partial charge >= 0.3 is 0 Å². The molecule has 1 heterocycles. The first kappa shape index (κ1) is 16.3. The lowest BCUT2D eigenvalue weighted by molar-refractivity contribution is 0.748. The van der Waals surface area contributed by atoms with E-state index in [0.717, 1.165) is 25.8 Å². The molecule has 1 aromatic heterocycles. The predicted molar refractivity (Wildman–Crippen MR) is 111 cm³/mol. The fraction of sp³-hybridized carbons (Fsp3) is 0.222. The number of aromatic nitrogens is 1. The van der Waals surface area contributed by atoms with Crippen LogP contribution in [0.25, 0.3) is 22.2 Å². The number of hydrogen-bond donors (Lipinski definition) is 2. The van der Waals surface area contributed by atoms with Crippen molar-refractivity contribution in [1.82, 2.24) is 4.98 Å². The van der Waals surface area contributed by atoms with Gasteiger partial charge in [-0.25, -0.2) is 0 Å². The number of H-pyrrole nitrogens is 1. The molecule has 0 fully saturated rings. The van der Waals surface area contributed by atoms with Gasteiger partial charge < -0.3 is 10.7 Å². The number of hydrogen-bond acceptors (Lipinski definition) is 1. The second-order valence-electron chi connectivity index (χ2n) is 5.39. The molecular weight excluding hydrogens is 498 g/mol. The van der Waals surface area contributed by atoms with E-state index in [9.17, 15) is 0 Å². The second kappa shape index (κ2) is 7.31. The van der Waals surface area contributed by atoms with E-state index < -0.39 is 0 Å². The summed E-state index contributed by atoms with van der Waals surface area (Å²) in [5.74, 6) is 0. The van der Waals surface area contributed by atoms with Crippen molar-refractivity contribution in [2.75, 3.05) is 6.54 Å². The predicted octanol–water partition coefficient (Wildman–Crippen LogP) is 5.33. The standard InChI is InChI=1S/C18H18I2N2/c19-12-8-9-17-15(11-12)13(5-3-4-10-21)18(22-17)14-6-1-2-7-16(14)20/h1-2,6-9,11,22H,3-5,10,21H2. The van der Waals surface area contributed by atoms with Crippen LogP contribution in [0.1, 0.15) is 18.4 Å². The van der Waals surface area contributed by atoms with Crippen molar-refractivity contribution < 1.29 is 0 Å². The highest BCUT2D eigenvalue weighted by atomic mass is 127. The first-order valence-corrected chi connectivity index (χ1v) is 9.61. The molecule has 0 radical (unpaired) electrons. The van der Waals surface area contributed by atoms with Gasteiger partial charge in [-0.3, -0.25) is 0 Å². The first-order chi connectivity index (χ1) is 10.7. The lowest BCUT2D eigenvalue weighted by Crippen LogP contribution is -1.99. The Morgan fingerprint density at radius 3 is 2.59 bits per heavy atom. The summed E-state index contributed by atoms with van der Waals surface area (Å²) >= 11 is 4.80. The summed E-state index contributed by atoms with van der Waals surface area (Å²) in [5, 5.41) is 1.35. The van der Waals surface area contributed by atoms with Gasteiger partial charge in [0, 0.05) is 23.6 Å². The molecule has 0 aliphatic rings. The zero-order valence-corrected chi connectivity index (χ0v) is 16.5. The average Bonchev–Trinajstić information content (AvgIpc) is 2.86. The highest BCUT2D eigenvalue weighted by Gasteiger charge is 2.14. The number of nitrogens with two attached hydrogens (primary N) is 1. The van der Waals surface area contributed by atoms with Gasteiger partial charge in [0.15, 0.2) is 0 Å². The topological polar surface area (TPSA) is 41.8 Å². The number of aryl methyl sites for hydroxylation is 1. The summed E-state index contributed by atoms with van der Waals surface area (Å²) in [6.07, 6.45) is 3.27. The molecule has 2 nitrogen and oxygen atoms in total. The number of fused-ring (bicyclic) bond motifs is 1. The SMILES string of the molecule is NCCCCc1c(-c2ccccc2I)[nH]c2ccc(I)cc12. The summed E-state index contributed by atoms with van der Waals surface area (Å²) in [6, 6.07) is 15.2. The monoisotopic (exact) mass is 516 g/mol. The zero-order valence-electron chi connectivity index (χ0n) is 12.2. The second-order valence-corrected chi connectivity index (χ2v) is 7.80. The molecule has 0 bridgehead atoms. The molecule has 0 saturated carbocycles.